The highest BCUT2D eigenvalue weighted by Gasteiger charge is 2.52. The predicted molar refractivity (Wildman–Crippen MR) is 95.1 cm³/mol. The van der Waals surface area contributed by atoms with Crippen molar-refractivity contribution < 1.29 is 23.9 Å². The first-order chi connectivity index (χ1) is 12.4. The summed E-state index contributed by atoms with van der Waals surface area (Å²) in [5.74, 6) is -1.25. The third kappa shape index (κ3) is 3.31. The van der Waals surface area contributed by atoms with Gasteiger partial charge in [-0.2, -0.15) is 0 Å². The molecular weight excluding hydrogens is 358 g/mol. The molecule has 8 nitrogen and oxygen atoms in total. The van der Waals surface area contributed by atoms with E-state index in [0.717, 1.165) is 29.1 Å². The molecule has 2 fully saturated rings. The van der Waals surface area contributed by atoms with E-state index in [9.17, 15) is 19.2 Å². The van der Waals surface area contributed by atoms with E-state index in [-0.39, 0.29) is 19.1 Å². The minimum atomic E-state index is -0.825. The van der Waals surface area contributed by atoms with Crippen molar-refractivity contribution in [3.63, 3.8) is 0 Å². The zero-order valence-electron chi connectivity index (χ0n) is 14.7. The molecule has 2 heterocycles. The molecule has 26 heavy (non-hydrogen) atoms. The van der Waals surface area contributed by atoms with Gasteiger partial charge >= 0.3 is 12.0 Å². The molecule has 4 amide bonds. The Morgan fingerprint density at radius 3 is 2.69 bits per heavy atom. The van der Waals surface area contributed by atoms with Crippen LogP contribution in [0.5, 0.6) is 0 Å². The van der Waals surface area contributed by atoms with Crippen LogP contribution in [-0.4, -0.2) is 47.4 Å². The van der Waals surface area contributed by atoms with Gasteiger partial charge in [0.25, 0.3) is 5.91 Å². The lowest BCUT2D eigenvalue weighted by molar-refractivity contribution is -0.133. The Balaban J connectivity index is 1.64. The molecule has 1 saturated carbocycles. The molecule has 0 bridgehead atoms. The maximum atomic E-state index is 12.6. The van der Waals surface area contributed by atoms with Crippen molar-refractivity contribution >= 4 is 40.2 Å². The molecule has 9 heteroatoms. The van der Waals surface area contributed by atoms with Gasteiger partial charge in [0.2, 0.25) is 5.91 Å². The summed E-state index contributed by atoms with van der Waals surface area (Å²) in [7, 11) is 0. The molecule has 1 aliphatic carbocycles. The number of urea groups is 1. The SMILES string of the molecule is CCOC(=O)c1sc(NC(=O)CN2C(=O)NC3(CCCC3)C2=O)cc1C. The van der Waals surface area contributed by atoms with E-state index in [1.807, 2.05) is 0 Å². The van der Waals surface area contributed by atoms with E-state index < -0.39 is 23.4 Å². The van der Waals surface area contributed by atoms with Crippen LogP contribution in [-0.2, 0) is 14.3 Å². The first kappa shape index (κ1) is 18.4. The summed E-state index contributed by atoms with van der Waals surface area (Å²) in [6.45, 7) is 3.39. The first-order valence-electron chi connectivity index (χ1n) is 8.58. The Bertz CT molecular complexity index is 766. The van der Waals surface area contributed by atoms with Crippen LogP contribution in [0.4, 0.5) is 9.80 Å². The molecule has 2 N–H and O–H groups in total. The third-order valence-corrected chi connectivity index (χ3v) is 5.78. The van der Waals surface area contributed by atoms with Crippen molar-refractivity contribution in [2.75, 3.05) is 18.5 Å². The normalized spacial score (nSPS) is 18.3. The summed E-state index contributed by atoms with van der Waals surface area (Å²) in [5.41, 5.74) is -0.128. The van der Waals surface area contributed by atoms with Crippen LogP contribution in [0.15, 0.2) is 6.07 Å². The molecule has 0 aromatic carbocycles. The fraction of sp³-hybridized carbons (Fsp3) is 0.529. The van der Waals surface area contributed by atoms with E-state index in [4.69, 9.17) is 4.74 Å². The fourth-order valence-electron chi connectivity index (χ4n) is 3.40. The molecule has 1 aliphatic heterocycles. The number of esters is 1. The number of carbonyl (C=O) groups is 4. The molecule has 0 radical (unpaired) electrons. The average molecular weight is 379 g/mol. The van der Waals surface area contributed by atoms with E-state index >= 15 is 0 Å². The number of thiophene rings is 1. The van der Waals surface area contributed by atoms with Gasteiger partial charge in [-0.15, -0.1) is 11.3 Å². The number of imide groups is 1. The van der Waals surface area contributed by atoms with E-state index in [2.05, 4.69) is 10.6 Å². The Kier molecular flexibility index (Phi) is 4.99. The summed E-state index contributed by atoms with van der Waals surface area (Å²) in [6, 6.07) is 1.14. The summed E-state index contributed by atoms with van der Waals surface area (Å²) < 4.78 is 4.97. The second kappa shape index (κ2) is 7.06. The molecule has 1 saturated heterocycles. The van der Waals surface area contributed by atoms with Crippen LogP contribution in [0.1, 0.15) is 47.8 Å². The molecule has 1 aromatic rings. The quantitative estimate of drug-likeness (QED) is 0.602. The van der Waals surface area contributed by atoms with Gasteiger partial charge in [-0.1, -0.05) is 12.8 Å². The smallest absolute Gasteiger partial charge is 0.348 e. The van der Waals surface area contributed by atoms with Crippen molar-refractivity contribution in [2.24, 2.45) is 0 Å². The maximum absolute atomic E-state index is 12.6. The van der Waals surface area contributed by atoms with Crippen LogP contribution in [0.25, 0.3) is 0 Å². The summed E-state index contributed by atoms with van der Waals surface area (Å²) in [6.07, 6.45) is 3.00. The molecule has 3 rings (SSSR count). The Morgan fingerprint density at radius 1 is 1.35 bits per heavy atom. The van der Waals surface area contributed by atoms with E-state index in [0.29, 0.717) is 28.3 Å². The minimum Gasteiger partial charge on any atom is -0.462 e. The molecule has 0 atom stereocenters. The lowest BCUT2D eigenvalue weighted by Crippen LogP contribution is -2.44. The van der Waals surface area contributed by atoms with Gasteiger partial charge in [0.05, 0.1) is 11.6 Å². The van der Waals surface area contributed by atoms with Crippen LogP contribution in [0.2, 0.25) is 0 Å². The molecule has 140 valence electrons. The topological polar surface area (TPSA) is 105 Å². The van der Waals surface area contributed by atoms with Gasteiger partial charge < -0.3 is 15.4 Å². The third-order valence-electron chi connectivity index (χ3n) is 4.65. The lowest BCUT2D eigenvalue weighted by atomic mass is 9.98. The summed E-state index contributed by atoms with van der Waals surface area (Å²) in [5, 5.41) is 5.85. The van der Waals surface area contributed by atoms with Crippen LogP contribution >= 0.6 is 11.3 Å². The van der Waals surface area contributed by atoms with Gasteiger partial charge in [0, 0.05) is 0 Å². The van der Waals surface area contributed by atoms with Crippen LogP contribution in [0, 0.1) is 6.92 Å². The van der Waals surface area contributed by atoms with E-state index in [1.165, 1.54) is 0 Å². The Hall–Kier alpha value is -2.42. The minimum absolute atomic E-state index is 0.270. The van der Waals surface area contributed by atoms with Gasteiger partial charge in [-0.25, -0.2) is 9.59 Å². The van der Waals surface area contributed by atoms with E-state index in [1.54, 1.807) is 19.9 Å². The second-order valence-corrected chi connectivity index (χ2v) is 7.55. The molecule has 0 unspecified atom stereocenters. The van der Waals surface area contributed by atoms with Crippen LogP contribution in [0.3, 0.4) is 0 Å². The zero-order valence-corrected chi connectivity index (χ0v) is 15.5. The number of hydrogen-bond acceptors (Lipinski definition) is 6. The number of hydrogen-bond donors (Lipinski definition) is 2. The highest BCUT2D eigenvalue weighted by molar-refractivity contribution is 7.18. The number of nitrogens with zero attached hydrogens (tertiary/aromatic N) is 1. The molecule has 1 spiro atoms. The number of anilines is 1. The molecular formula is C17H21N3O5S. The number of aryl methyl sites for hydroxylation is 1. The highest BCUT2D eigenvalue weighted by atomic mass is 32.1. The Morgan fingerprint density at radius 2 is 2.04 bits per heavy atom. The number of carbonyl (C=O) groups excluding carboxylic acids is 4. The summed E-state index contributed by atoms with van der Waals surface area (Å²) >= 11 is 1.10. The van der Waals surface area contributed by atoms with Gasteiger partial charge in [-0.05, 0) is 38.3 Å². The lowest BCUT2D eigenvalue weighted by Gasteiger charge is -2.19. The first-order valence-corrected chi connectivity index (χ1v) is 9.39. The Labute approximate surface area is 154 Å². The van der Waals surface area contributed by atoms with Crippen molar-refractivity contribution in [2.45, 2.75) is 45.1 Å². The van der Waals surface area contributed by atoms with Crippen molar-refractivity contribution in [3.8, 4) is 0 Å². The number of ether oxygens (including phenoxy) is 1. The van der Waals surface area contributed by atoms with Crippen LogP contribution < -0.4 is 10.6 Å². The largest absolute Gasteiger partial charge is 0.462 e. The average Bonchev–Trinajstić information content (AvgIpc) is 3.24. The highest BCUT2D eigenvalue weighted by Crippen LogP contribution is 2.35. The summed E-state index contributed by atoms with van der Waals surface area (Å²) in [4.78, 5) is 50.2. The van der Waals surface area contributed by atoms with Crippen molar-refractivity contribution in [1.82, 2.24) is 10.2 Å². The van der Waals surface area contributed by atoms with Crippen molar-refractivity contribution in [1.29, 1.82) is 0 Å². The monoisotopic (exact) mass is 379 g/mol. The van der Waals surface area contributed by atoms with Crippen molar-refractivity contribution in [3.05, 3.63) is 16.5 Å². The van der Waals surface area contributed by atoms with Gasteiger partial charge in [0.1, 0.15) is 17.0 Å². The van der Waals surface area contributed by atoms with Gasteiger partial charge in [0.15, 0.2) is 0 Å². The fourth-order valence-corrected chi connectivity index (χ4v) is 4.38. The number of amides is 4. The standard InChI is InChI=1S/C17H21N3O5S/c1-3-25-14(22)13-10(2)8-12(26-13)18-11(21)9-20-15(23)17(19-16(20)24)6-4-5-7-17/h8H,3-7,9H2,1-2H3,(H,18,21)(H,19,24). The molecule has 2 aliphatic rings. The maximum Gasteiger partial charge on any atom is 0.348 e. The number of nitrogens with one attached hydrogen (secondary N) is 2. The second-order valence-electron chi connectivity index (χ2n) is 6.50. The predicted octanol–water partition coefficient (Wildman–Crippen LogP) is 2.04. The zero-order chi connectivity index (χ0) is 18.9. The molecule has 1 aromatic heterocycles. The number of rotatable bonds is 5. The van der Waals surface area contributed by atoms with Gasteiger partial charge in [-0.3, -0.25) is 14.5 Å².